The number of ether oxygens (including phenoxy) is 4. The van der Waals surface area contributed by atoms with Gasteiger partial charge in [-0.05, 0) is 35.9 Å². The lowest BCUT2D eigenvalue weighted by molar-refractivity contribution is -0.135. The third-order valence-corrected chi connectivity index (χ3v) is 5.52. The van der Waals surface area contributed by atoms with E-state index in [0.717, 1.165) is 0 Å². The fraction of sp³-hybridized carbons (Fsp3) is 0.143. The van der Waals surface area contributed by atoms with E-state index in [0.29, 0.717) is 39.3 Å². The van der Waals surface area contributed by atoms with Crippen LogP contribution in [-0.2, 0) is 9.53 Å². The Hall–Kier alpha value is -4.52. The van der Waals surface area contributed by atoms with Gasteiger partial charge in [0, 0.05) is 17.7 Å². The molecule has 178 valence electrons. The van der Waals surface area contributed by atoms with Crippen molar-refractivity contribution in [3.05, 3.63) is 83.4 Å². The molecule has 7 heteroatoms. The lowest BCUT2D eigenvalue weighted by Crippen LogP contribution is -2.15. The Morgan fingerprint density at radius 1 is 0.800 bits per heavy atom. The lowest BCUT2D eigenvalue weighted by Gasteiger charge is -2.09. The molecule has 35 heavy (non-hydrogen) atoms. The van der Waals surface area contributed by atoms with Crippen molar-refractivity contribution in [1.82, 2.24) is 0 Å². The van der Waals surface area contributed by atoms with Crippen LogP contribution < -0.4 is 14.2 Å². The van der Waals surface area contributed by atoms with Crippen LogP contribution in [0.5, 0.6) is 17.2 Å². The maximum atomic E-state index is 14.0. The summed E-state index contributed by atoms with van der Waals surface area (Å²) < 4.78 is 27.3. The molecule has 0 saturated carbocycles. The van der Waals surface area contributed by atoms with Crippen molar-refractivity contribution in [1.29, 1.82) is 0 Å². The molecular weight excluding hydrogens is 448 g/mol. The highest BCUT2D eigenvalue weighted by Gasteiger charge is 2.31. The topological polar surface area (TPSA) is 84.2 Å². The number of hydrogen-bond acceptors (Lipinski definition) is 7. The number of methoxy groups -OCH3 is 4. The van der Waals surface area contributed by atoms with Gasteiger partial charge in [0.25, 0.3) is 0 Å². The maximum absolute atomic E-state index is 14.0. The number of ketones is 1. The van der Waals surface area contributed by atoms with Crippen LogP contribution in [0.1, 0.15) is 15.9 Å². The quantitative estimate of drug-likeness (QED) is 0.109. The molecule has 1 aromatic heterocycles. The van der Waals surface area contributed by atoms with E-state index in [-0.39, 0.29) is 16.9 Å². The second kappa shape index (κ2) is 10.2. The van der Waals surface area contributed by atoms with Gasteiger partial charge in [-0.15, -0.1) is 0 Å². The molecule has 0 aliphatic carbocycles. The zero-order valence-corrected chi connectivity index (χ0v) is 19.8. The van der Waals surface area contributed by atoms with Crippen LogP contribution in [0.25, 0.3) is 28.4 Å². The summed E-state index contributed by atoms with van der Waals surface area (Å²) in [6, 6.07) is 19.5. The summed E-state index contributed by atoms with van der Waals surface area (Å²) in [7, 11) is 5.82. The van der Waals surface area contributed by atoms with Gasteiger partial charge < -0.3 is 23.4 Å². The van der Waals surface area contributed by atoms with Gasteiger partial charge in [-0.1, -0.05) is 30.3 Å². The van der Waals surface area contributed by atoms with Crippen LogP contribution in [0, 0.1) is 0 Å². The molecule has 0 aliphatic rings. The molecule has 3 aromatic carbocycles. The molecule has 7 nitrogen and oxygen atoms in total. The molecule has 0 N–H and O–H groups in total. The number of esters is 1. The van der Waals surface area contributed by atoms with Crippen LogP contribution in [0.3, 0.4) is 0 Å². The van der Waals surface area contributed by atoms with Crippen molar-refractivity contribution in [2.45, 2.75) is 0 Å². The number of fused-ring (bicyclic) bond motifs is 1. The number of Topliss-reactive ketones (excluding diaryl/α,β-unsaturated/α-hetero) is 1. The standard InChI is InChI=1S/C28H24O7/c1-31-19-12-10-18(11-13-19)27-25(24-22(33-3)15-20(32-2)16-23(24)35-27)26(29)21(28(30)34-4)14-17-8-6-5-7-9-17/h5-16H,1-4H3. The highest BCUT2D eigenvalue weighted by atomic mass is 16.5. The number of carbonyl (C=O) groups excluding carboxylic acids is 2. The predicted molar refractivity (Wildman–Crippen MR) is 132 cm³/mol. The van der Waals surface area contributed by atoms with Crippen molar-refractivity contribution in [2.75, 3.05) is 28.4 Å². The largest absolute Gasteiger partial charge is 0.497 e. The first-order valence-corrected chi connectivity index (χ1v) is 10.7. The molecule has 0 unspecified atom stereocenters. The lowest BCUT2D eigenvalue weighted by atomic mass is 9.95. The third kappa shape index (κ3) is 4.61. The minimum Gasteiger partial charge on any atom is -0.497 e. The molecule has 1 heterocycles. The van der Waals surface area contributed by atoms with E-state index < -0.39 is 11.8 Å². The summed E-state index contributed by atoms with van der Waals surface area (Å²) in [5, 5.41) is 0.423. The Morgan fingerprint density at radius 3 is 2.09 bits per heavy atom. The summed E-state index contributed by atoms with van der Waals surface area (Å²) >= 11 is 0. The molecule has 0 bridgehead atoms. The molecule has 0 radical (unpaired) electrons. The molecule has 0 aliphatic heterocycles. The first kappa shape index (κ1) is 23.6. The van der Waals surface area contributed by atoms with Crippen molar-refractivity contribution in [3.8, 4) is 28.6 Å². The van der Waals surface area contributed by atoms with Gasteiger partial charge in [-0.3, -0.25) is 4.79 Å². The summed E-state index contributed by atoms with van der Waals surface area (Å²) in [4.78, 5) is 26.8. The average molecular weight is 472 g/mol. The van der Waals surface area contributed by atoms with E-state index in [1.54, 1.807) is 55.6 Å². The summed E-state index contributed by atoms with van der Waals surface area (Å²) in [5.41, 5.74) is 1.70. The summed E-state index contributed by atoms with van der Waals surface area (Å²) in [5.74, 6) is 0.472. The molecule has 4 rings (SSSR count). The van der Waals surface area contributed by atoms with E-state index >= 15 is 0 Å². The van der Waals surface area contributed by atoms with Crippen LogP contribution in [0.15, 0.2) is 76.7 Å². The number of carbonyl (C=O) groups is 2. The SMILES string of the molecule is COC(=O)C(=Cc1ccccc1)C(=O)c1c(-c2ccc(OC)cc2)oc2cc(OC)cc(OC)c12. The van der Waals surface area contributed by atoms with Gasteiger partial charge in [0.15, 0.2) is 0 Å². The van der Waals surface area contributed by atoms with E-state index in [1.165, 1.54) is 27.4 Å². The fourth-order valence-corrected chi connectivity index (χ4v) is 3.79. The smallest absolute Gasteiger partial charge is 0.341 e. The number of hydrogen-bond donors (Lipinski definition) is 0. The zero-order chi connectivity index (χ0) is 24.9. The highest BCUT2D eigenvalue weighted by molar-refractivity contribution is 6.32. The van der Waals surface area contributed by atoms with Gasteiger partial charge in [-0.2, -0.15) is 0 Å². The van der Waals surface area contributed by atoms with Crippen molar-refractivity contribution < 1.29 is 33.0 Å². The Bertz CT molecular complexity index is 1400. The molecular formula is C28H24O7. The summed E-state index contributed by atoms with van der Waals surface area (Å²) in [6.45, 7) is 0. The molecule has 0 spiro atoms. The first-order chi connectivity index (χ1) is 17.0. The number of furan rings is 1. The average Bonchev–Trinajstić information content (AvgIpc) is 3.30. The van der Waals surface area contributed by atoms with Crippen molar-refractivity contribution >= 4 is 28.8 Å². The van der Waals surface area contributed by atoms with E-state index in [4.69, 9.17) is 23.4 Å². The maximum Gasteiger partial charge on any atom is 0.341 e. The van der Waals surface area contributed by atoms with Crippen LogP contribution in [0.2, 0.25) is 0 Å². The Balaban J connectivity index is 2.01. The summed E-state index contributed by atoms with van der Waals surface area (Å²) in [6.07, 6.45) is 1.50. The monoisotopic (exact) mass is 472 g/mol. The fourth-order valence-electron chi connectivity index (χ4n) is 3.79. The van der Waals surface area contributed by atoms with E-state index in [2.05, 4.69) is 0 Å². The van der Waals surface area contributed by atoms with Gasteiger partial charge in [0.05, 0.1) is 39.4 Å². The van der Waals surface area contributed by atoms with Crippen LogP contribution >= 0.6 is 0 Å². The molecule has 0 fully saturated rings. The van der Waals surface area contributed by atoms with Crippen LogP contribution in [0.4, 0.5) is 0 Å². The van der Waals surface area contributed by atoms with E-state index in [1.807, 2.05) is 18.2 Å². The highest BCUT2D eigenvalue weighted by Crippen LogP contribution is 2.42. The predicted octanol–water partition coefficient (Wildman–Crippen LogP) is 5.56. The molecule has 4 aromatic rings. The minimum absolute atomic E-state index is 0.144. The molecule has 0 saturated heterocycles. The van der Waals surface area contributed by atoms with Gasteiger partial charge in [0.1, 0.15) is 34.2 Å². The zero-order valence-electron chi connectivity index (χ0n) is 19.8. The Labute approximate surface area is 202 Å². The van der Waals surface area contributed by atoms with Gasteiger partial charge in [0.2, 0.25) is 5.78 Å². The minimum atomic E-state index is -0.763. The molecule has 0 atom stereocenters. The normalized spacial score (nSPS) is 11.3. The van der Waals surface area contributed by atoms with Gasteiger partial charge >= 0.3 is 5.97 Å². The van der Waals surface area contributed by atoms with Crippen LogP contribution in [-0.4, -0.2) is 40.2 Å². The Kier molecular flexibility index (Phi) is 6.87. The van der Waals surface area contributed by atoms with Crippen molar-refractivity contribution in [2.24, 2.45) is 0 Å². The van der Waals surface area contributed by atoms with E-state index in [9.17, 15) is 9.59 Å². The number of rotatable bonds is 8. The Morgan fingerprint density at radius 2 is 1.49 bits per heavy atom. The molecule has 0 amide bonds. The number of benzene rings is 3. The third-order valence-electron chi connectivity index (χ3n) is 5.52. The first-order valence-electron chi connectivity index (χ1n) is 10.7. The second-order valence-electron chi connectivity index (χ2n) is 7.53. The van der Waals surface area contributed by atoms with Crippen molar-refractivity contribution in [3.63, 3.8) is 0 Å². The second-order valence-corrected chi connectivity index (χ2v) is 7.53. The van der Waals surface area contributed by atoms with Gasteiger partial charge in [-0.25, -0.2) is 4.79 Å².